The zero-order valence-electron chi connectivity index (χ0n) is 16.8. The summed E-state index contributed by atoms with van der Waals surface area (Å²) in [6.07, 6.45) is 0.0825. The molecule has 0 saturated carbocycles. The highest BCUT2D eigenvalue weighted by Crippen LogP contribution is 2.30. The van der Waals surface area contributed by atoms with Crippen molar-refractivity contribution in [3.8, 4) is 0 Å². The van der Waals surface area contributed by atoms with E-state index in [0.717, 1.165) is 15.4 Å². The van der Waals surface area contributed by atoms with Crippen LogP contribution < -0.4 is 9.80 Å². The van der Waals surface area contributed by atoms with E-state index in [9.17, 15) is 18.0 Å². The van der Waals surface area contributed by atoms with Gasteiger partial charge in [-0.15, -0.1) is 0 Å². The molecule has 2 fully saturated rings. The molecule has 2 heterocycles. The summed E-state index contributed by atoms with van der Waals surface area (Å²) >= 11 is 12.0. The van der Waals surface area contributed by atoms with Crippen LogP contribution in [0.2, 0.25) is 10.0 Å². The first-order valence-electron chi connectivity index (χ1n) is 9.92. The molecule has 0 unspecified atom stereocenters. The molecule has 1 atom stereocenters. The van der Waals surface area contributed by atoms with Gasteiger partial charge in [-0.3, -0.25) is 9.59 Å². The van der Waals surface area contributed by atoms with Gasteiger partial charge >= 0.3 is 0 Å². The Balaban J connectivity index is 1.45. The maximum Gasteiger partial charge on any atom is 0.292 e. The van der Waals surface area contributed by atoms with Crippen molar-refractivity contribution in [3.05, 3.63) is 58.1 Å². The highest BCUT2D eigenvalue weighted by molar-refractivity contribution is 7.89. The van der Waals surface area contributed by atoms with E-state index in [2.05, 4.69) is 0 Å². The Morgan fingerprint density at radius 1 is 0.968 bits per heavy atom. The van der Waals surface area contributed by atoms with E-state index in [4.69, 9.17) is 23.2 Å². The van der Waals surface area contributed by atoms with Gasteiger partial charge < -0.3 is 4.90 Å². The van der Waals surface area contributed by atoms with E-state index >= 15 is 0 Å². The SMILES string of the molecule is Cc1ccc(S(=O)(=O)N2CC[NH+]([C@@H]3CC(=O)N(c4ccc(Cl)c(Cl)c4)C3=O)CC2)cc1. The molecule has 2 aromatic rings. The second kappa shape index (κ2) is 8.52. The van der Waals surface area contributed by atoms with Crippen molar-refractivity contribution < 1.29 is 22.9 Å². The van der Waals surface area contributed by atoms with Crippen LogP contribution in [0.3, 0.4) is 0 Å². The Hall–Kier alpha value is -1.97. The van der Waals surface area contributed by atoms with Crippen LogP contribution >= 0.6 is 23.2 Å². The Labute approximate surface area is 191 Å². The molecule has 2 aliphatic heterocycles. The Morgan fingerprint density at radius 3 is 2.23 bits per heavy atom. The summed E-state index contributed by atoms with van der Waals surface area (Å²) in [5, 5.41) is 0.614. The van der Waals surface area contributed by atoms with Crippen LogP contribution in [0.15, 0.2) is 47.4 Å². The fourth-order valence-corrected chi connectivity index (χ4v) is 5.80. The van der Waals surface area contributed by atoms with Crippen LogP contribution in [-0.2, 0) is 19.6 Å². The molecule has 7 nitrogen and oxygen atoms in total. The summed E-state index contributed by atoms with van der Waals surface area (Å²) in [4.78, 5) is 27.9. The highest BCUT2D eigenvalue weighted by Gasteiger charge is 2.47. The van der Waals surface area contributed by atoms with E-state index in [1.807, 2.05) is 6.92 Å². The lowest BCUT2D eigenvalue weighted by molar-refractivity contribution is -0.918. The van der Waals surface area contributed by atoms with Crippen molar-refractivity contribution >= 4 is 50.7 Å². The molecule has 2 saturated heterocycles. The Morgan fingerprint density at radius 2 is 1.61 bits per heavy atom. The summed E-state index contributed by atoms with van der Waals surface area (Å²) < 4.78 is 27.3. The van der Waals surface area contributed by atoms with Crippen LogP contribution in [0, 0.1) is 6.92 Å². The van der Waals surface area contributed by atoms with E-state index in [1.165, 1.54) is 10.4 Å². The minimum atomic E-state index is -3.58. The largest absolute Gasteiger partial charge is 0.322 e. The highest BCUT2D eigenvalue weighted by atomic mass is 35.5. The van der Waals surface area contributed by atoms with E-state index in [-0.39, 0.29) is 41.2 Å². The molecular formula is C21H22Cl2N3O4S+. The molecule has 10 heteroatoms. The zero-order valence-corrected chi connectivity index (χ0v) is 19.2. The smallest absolute Gasteiger partial charge is 0.292 e. The molecule has 0 radical (unpaired) electrons. The van der Waals surface area contributed by atoms with E-state index in [1.54, 1.807) is 36.4 Å². The number of carbonyl (C=O) groups excluding carboxylic acids is 2. The summed E-state index contributed by atoms with van der Waals surface area (Å²) in [7, 11) is -3.58. The van der Waals surface area contributed by atoms with Gasteiger partial charge in [0.25, 0.3) is 5.91 Å². The van der Waals surface area contributed by atoms with Crippen LogP contribution in [0.5, 0.6) is 0 Å². The third kappa shape index (κ3) is 4.23. The quantitative estimate of drug-likeness (QED) is 0.670. The minimum absolute atomic E-state index is 0.0825. The molecular weight excluding hydrogens is 461 g/mol. The summed E-state index contributed by atoms with van der Waals surface area (Å²) in [6.45, 7) is 3.38. The van der Waals surface area contributed by atoms with Gasteiger partial charge in [0.05, 0.1) is 53.2 Å². The predicted octanol–water partition coefficient (Wildman–Crippen LogP) is 1.52. The molecule has 0 bridgehead atoms. The van der Waals surface area contributed by atoms with Crippen molar-refractivity contribution in [1.29, 1.82) is 0 Å². The number of hydrogen-bond acceptors (Lipinski definition) is 4. The third-order valence-corrected chi connectivity index (χ3v) is 8.48. The fraction of sp³-hybridized carbons (Fsp3) is 0.333. The number of amides is 2. The van der Waals surface area contributed by atoms with Crippen LogP contribution in [0.4, 0.5) is 5.69 Å². The number of rotatable bonds is 4. The van der Waals surface area contributed by atoms with E-state index < -0.39 is 16.1 Å². The first-order valence-corrected chi connectivity index (χ1v) is 12.1. The molecule has 2 amide bonds. The number of nitrogens with one attached hydrogen (secondary N) is 1. The number of anilines is 1. The second-order valence-corrected chi connectivity index (χ2v) is 10.6. The number of imide groups is 1. The predicted molar refractivity (Wildman–Crippen MR) is 118 cm³/mol. The number of aryl methyl sites for hydroxylation is 1. The summed E-state index contributed by atoms with van der Waals surface area (Å²) in [6, 6.07) is 10.9. The molecule has 0 aliphatic carbocycles. The molecule has 164 valence electrons. The summed E-state index contributed by atoms with van der Waals surface area (Å²) in [5.74, 6) is -0.594. The monoisotopic (exact) mass is 482 g/mol. The van der Waals surface area contributed by atoms with Gasteiger partial charge in [0.1, 0.15) is 0 Å². The topological polar surface area (TPSA) is 79.2 Å². The molecule has 2 aromatic carbocycles. The molecule has 0 spiro atoms. The Bertz CT molecular complexity index is 1130. The molecule has 4 rings (SSSR count). The van der Waals surface area contributed by atoms with Crippen LogP contribution in [-0.4, -0.2) is 56.8 Å². The van der Waals surface area contributed by atoms with E-state index in [0.29, 0.717) is 23.8 Å². The molecule has 31 heavy (non-hydrogen) atoms. The number of hydrogen-bond donors (Lipinski definition) is 1. The molecule has 1 N–H and O–H groups in total. The number of halogens is 2. The number of piperazine rings is 1. The lowest BCUT2D eigenvalue weighted by Crippen LogP contribution is -3.19. The average molecular weight is 483 g/mol. The van der Waals surface area contributed by atoms with Gasteiger partial charge in [-0.2, -0.15) is 4.31 Å². The maximum atomic E-state index is 13.0. The summed E-state index contributed by atoms with van der Waals surface area (Å²) in [5.41, 5.74) is 1.39. The molecule has 0 aromatic heterocycles. The van der Waals surface area contributed by atoms with Crippen LogP contribution in [0.25, 0.3) is 0 Å². The van der Waals surface area contributed by atoms with Crippen molar-refractivity contribution in [2.75, 3.05) is 31.1 Å². The van der Waals surface area contributed by atoms with Crippen molar-refractivity contribution in [3.63, 3.8) is 0 Å². The number of nitrogens with zero attached hydrogens (tertiary/aromatic N) is 2. The number of quaternary nitrogens is 1. The van der Waals surface area contributed by atoms with Gasteiger partial charge in [0, 0.05) is 0 Å². The minimum Gasteiger partial charge on any atom is -0.322 e. The van der Waals surface area contributed by atoms with Gasteiger partial charge in [-0.05, 0) is 37.3 Å². The van der Waals surface area contributed by atoms with Gasteiger partial charge in [0.15, 0.2) is 6.04 Å². The number of carbonyl (C=O) groups is 2. The van der Waals surface area contributed by atoms with Gasteiger partial charge in [-0.1, -0.05) is 40.9 Å². The maximum absolute atomic E-state index is 13.0. The van der Waals surface area contributed by atoms with Crippen molar-refractivity contribution in [1.82, 2.24) is 4.31 Å². The normalized spacial score (nSPS) is 21.1. The van der Waals surface area contributed by atoms with Crippen molar-refractivity contribution in [2.45, 2.75) is 24.3 Å². The van der Waals surface area contributed by atoms with Gasteiger partial charge in [0.2, 0.25) is 15.9 Å². The third-order valence-electron chi connectivity index (χ3n) is 5.82. The Kier molecular flexibility index (Phi) is 6.11. The number of sulfonamides is 1. The standard InChI is InChI=1S/C21H21Cl2N3O4S/c1-14-2-5-16(6-3-14)31(29,30)25-10-8-24(9-11-25)19-13-20(27)26(21(19)28)15-4-7-17(22)18(23)12-15/h2-7,12,19H,8-11,13H2,1H3/p+1/t19-/m1/s1. The lowest BCUT2D eigenvalue weighted by Gasteiger charge is -2.33. The first-order chi connectivity index (χ1) is 14.7. The van der Waals surface area contributed by atoms with Gasteiger partial charge in [-0.25, -0.2) is 13.3 Å². The fourth-order valence-electron chi connectivity index (χ4n) is 4.07. The average Bonchev–Trinajstić information content (AvgIpc) is 3.04. The second-order valence-electron chi connectivity index (χ2n) is 7.80. The van der Waals surface area contributed by atoms with Crippen LogP contribution in [0.1, 0.15) is 12.0 Å². The van der Waals surface area contributed by atoms with Crippen molar-refractivity contribution in [2.24, 2.45) is 0 Å². The molecule has 2 aliphatic rings. The zero-order chi connectivity index (χ0) is 22.3. The lowest BCUT2D eigenvalue weighted by atomic mass is 10.2. The number of benzene rings is 2. The first kappa shape index (κ1) is 22.2.